The van der Waals surface area contributed by atoms with Gasteiger partial charge in [-0.1, -0.05) is 66.7 Å². The molecule has 0 aliphatic rings. The van der Waals surface area contributed by atoms with E-state index in [1.165, 1.54) is 18.2 Å². The van der Waals surface area contributed by atoms with Gasteiger partial charge in [0.25, 0.3) is 0 Å². The third-order valence-corrected chi connectivity index (χ3v) is 7.73. The molecule has 3 rings (SSSR count). The van der Waals surface area contributed by atoms with Gasteiger partial charge in [0.15, 0.2) is 0 Å². The summed E-state index contributed by atoms with van der Waals surface area (Å²) >= 11 is 0. The lowest BCUT2D eigenvalue weighted by Gasteiger charge is -2.11. The highest BCUT2D eigenvalue weighted by molar-refractivity contribution is 7.90. The molecule has 3 aromatic carbocycles. The van der Waals surface area contributed by atoms with E-state index in [4.69, 9.17) is 0 Å². The third kappa shape index (κ3) is 8.27. The lowest BCUT2D eigenvalue weighted by Crippen LogP contribution is -2.37. The lowest BCUT2D eigenvalue weighted by atomic mass is 10.2. The van der Waals surface area contributed by atoms with Crippen molar-refractivity contribution in [3.05, 3.63) is 96.1 Å². The van der Waals surface area contributed by atoms with Gasteiger partial charge in [-0.15, -0.1) is 0 Å². The summed E-state index contributed by atoms with van der Waals surface area (Å²) in [5, 5.41) is 5.19. The van der Waals surface area contributed by atoms with Gasteiger partial charge in [-0.3, -0.25) is 9.59 Å². The van der Waals surface area contributed by atoms with E-state index in [2.05, 4.69) is 20.1 Å². The third-order valence-electron chi connectivity index (χ3n) is 4.94. The average Bonchev–Trinajstić information content (AvgIpc) is 2.90. The molecule has 0 fully saturated rings. The molecule has 36 heavy (non-hydrogen) atoms. The fraction of sp³-hybridized carbons (Fsp3) is 0.167. The molecule has 0 unspecified atom stereocenters. The SMILES string of the molecule is O=C(CNS(=O)(=O)c1cccc(S(=O)(=O)NCC(=O)NCc2ccccc2)c1)NCc1ccccc1. The first-order chi connectivity index (χ1) is 17.2. The van der Waals surface area contributed by atoms with Crippen molar-refractivity contribution in [3.8, 4) is 0 Å². The van der Waals surface area contributed by atoms with E-state index in [1.54, 1.807) is 0 Å². The zero-order valence-corrected chi connectivity index (χ0v) is 20.8. The largest absolute Gasteiger partial charge is 0.351 e. The number of rotatable bonds is 12. The van der Waals surface area contributed by atoms with Crippen molar-refractivity contribution in [1.82, 2.24) is 20.1 Å². The summed E-state index contributed by atoms with van der Waals surface area (Å²) in [6.07, 6.45) is 0. The van der Waals surface area contributed by atoms with E-state index in [-0.39, 0.29) is 22.9 Å². The summed E-state index contributed by atoms with van der Waals surface area (Å²) in [6.45, 7) is -0.572. The molecule has 2 amide bonds. The van der Waals surface area contributed by atoms with Crippen LogP contribution in [0.2, 0.25) is 0 Å². The van der Waals surface area contributed by atoms with Crippen LogP contribution in [-0.4, -0.2) is 41.7 Å². The highest BCUT2D eigenvalue weighted by atomic mass is 32.2. The van der Waals surface area contributed by atoms with E-state index in [0.29, 0.717) is 0 Å². The number of hydrogen-bond donors (Lipinski definition) is 4. The van der Waals surface area contributed by atoms with Crippen molar-refractivity contribution in [2.75, 3.05) is 13.1 Å². The molecule has 0 bridgehead atoms. The Hall–Kier alpha value is -3.58. The Labute approximate surface area is 210 Å². The Kier molecular flexibility index (Phi) is 9.31. The molecule has 0 heterocycles. The van der Waals surface area contributed by atoms with Crippen LogP contribution in [-0.2, 0) is 42.7 Å². The number of nitrogens with one attached hydrogen (secondary N) is 4. The first-order valence-electron chi connectivity index (χ1n) is 10.9. The van der Waals surface area contributed by atoms with E-state index in [0.717, 1.165) is 17.2 Å². The van der Waals surface area contributed by atoms with Crippen LogP contribution in [0.25, 0.3) is 0 Å². The van der Waals surface area contributed by atoms with E-state index in [9.17, 15) is 26.4 Å². The van der Waals surface area contributed by atoms with Crippen LogP contribution >= 0.6 is 0 Å². The van der Waals surface area contributed by atoms with Gasteiger partial charge in [0, 0.05) is 13.1 Å². The van der Waals surface area contributed by atoms with Gasteiger partial charge in [-0.25, -0.2) is 26.3 Å². The number of carbonyl (C=O) groups is 2. The fourth-order valence-corrected chi connectivity index (χ4v) is 5.14. The molecule has 0 aliphatic heterocycles. The average molecular weight is 531 g/mol. The molecule has 0 atom stereocenters. The van der Waals surface area contributed by atoms with Crippen molar-refractivity contribution >= 4 is 31.9 Å². The van der Waals surface area contributed by atoms with Crippen molar-refractivity contribution < 1.29 is 26.4 Å². The maximum Gasteiger partial charge on any atom is 0.241 e. The van der Waals surface area contributed by atoms with Crippen molar-refractivity contribution in [2.45, 2.75) is 22.9 Å². The van der Waals surface area contributed by atoms with Crippen LogP contribution in [0.4, 0.5) is 0 Å². The second-order valence-electron chi connectivity index (χ2n) is 7.65. The summed E-state index contributed by atoms with van der Waals surface area (Å²) in [5.74, 6) is -1.09. The molecule has 0 aliphatic carbocycles. The Morgan fingerprint density at radius 2 is 0.944 bits per heavy atom. The fourth-order valence-electron chi connectivity index (χ4n) is 3.01. The molecule has 0 aromatic heterocycles. The van der Waals surface area contributed by atoms with Crippen LogP contribution < -0.4 is 20.1 Å². The summed E-state index contributed by atoms with van der Waals surface area (Å²) in [4.78, 5) is 23.4. The molecule has 4 N–H and O–H groups in total. The van der Waals surface area contributed by atoms with Gasteiger partial charge in [-0.05, 0) is 29.3 Å². The quantitative estimate of drug-likeness (QED) is 0.273. The topological polar surface area (TPSA) is 151 Å². The predicted octanol–water partition coefficient (Wildman–Crippen LogP) is 0.876. The standard InChI is InChI=1S/C24H26N4O6S2/c29-23(25-15-19-8-3-1-4-9-19)17-27-35(31,32)21-12-7-13-22(14-21)36(33,34)28-18-24(30)26-16-20-10-5-2-6-11-20/h1-14,27-28H,15-18H2,(H,25,29)(H,26,30). The Bertz CT molecular complexity index is 1290. The van der Waals surface area contributed by atoms with Gasteiger partial charge in [-0.2, -0.15) is 0 Å². The summed E-state index contributed by atoms with van der Waals surface area (Å²) in [6, 6.07) is 22.8. The van der Waals surface area contributed by atoms with E-state index >= 15 is 0 Å². The van der Waals surface area contributed by atoms with Gasteiger partial charge in [0.05, 0.1) is 22.9 Å². The number of sulfonamides is 2. The van der Waals surface area contributed by atoms with Crippen LogP contribution in [0.3, 0.4) is 0 Å². The maximum absolute atomic E-state index is 12.6. The van der Waals surface area contributed by atoms with Gasteiger partial charge >= 0.3 is 0 Å². The first-order valence-corrected chi connectivity index (χ1v) is 13.8. The Morgan fingerprint density at radius 3 is 1.33 bits per heavy atom. The number of carbonyl (C=O) groups excluding carboxylic acids is 2. The Morgan fingerprint density at radius 1 is 0.556 bits per heavy atom. The van der Waals surface area contributed by atoms with Crippen molar-refractivity contribution in [2.24, 2.45) is 0 Å². The monoisotopic (exact) mass is 530 g/mol. The minimum absolute atomic E-state index is 0.236. The van der Waals surface area contributed by atoms with Crippen LogP contribution in [0.1, 0.15) is 11.1 Å². The molecule has 12 heteroatoms. The number of amides is 2. The van der Waals surface area contributed by atoms with Crippen molar-refractivity contribution in [1.29, 1.82) is 0 Å². The Balaban J connectivity index is 1.54. The lowest BCUT2D eigenvalue weighted by molar-refractivity contribution is -0.120. The number of benzene rings is 3. The van der Waals surface area contributed by atoms with Gasteiger partial charge in [0.2, 0.25) is 31.9 Å². The minimum atomic E-state index is -4.17. The van der Waals surface area contributed by atoms with Crippen LogP contribution in [0.15, 0.2) is 94.7 Å². The molecule has 3 aromatic rings. The smallest absolute Gasteiger partial charge is 0.241 e. The zero-order valence-electron chi connectivity index (χ0n) is 19.2. The minimum Gasteiger partial charge on any atom is -0.351 e. The van der Waals surface area contributed by atoms with E-state index in [1.807, 2.05) is 60.7 Å². The molecule has 190 valence electrons. The van der Waals surface area contributed by atoms with Crippen LogP contribution in [0.5, 0.6) is 0 Å². The summed E-state index contributed by atoms with van der Waals surface area (Å²) in [7, 11) is -8.35. The molecule has 10 nitrogen and oxygen atoms in total. The van der Waals surface area contributed by atoms with Crippen molar-refractivity contribution in [3.63, 3.8) is 0 Å². The molecular formula is C24H26N4O6S2. The number of hydrogen-bond acceptors (Lipinski definition) is 6. The molecule has 0 saturated carbocycles. The zero-order chi connectivity index (χ0) is 26.0. The second kappa shape index (κ2) is 12.4. The highest BCUT2D eigenvalue weighted by Crippen LogP contribution is 2.15. The van der Waals surface area contributed by atoms with Gasteiger partial charge in [0.1, 0.15) is 0 Å². The van der Waals surface area contributed by atoms with Gasteiger partial charge < -0.3 is 10.6 Å². The summed E-state index contributed by atoms with van der Waals surface area (Å²) < 4.78 is 54.7. The normalized spacial score (nSPS) is 11.6. The van der Waals surface area contributed by atoms with Crippen LogP contribution in [0, 0.1) is 0 Å². The summed E-state index contributed by atoms with van der Waals surface area (Å²) in [5.41, 5.74) is 1.71. The highest BCUT2D eigenvalue weighted by Gasteiger charge is 2.21. The second-order valence-corrected chi connectivity index (χ2v) is 11.2. The van der Waals surface area contributed by atoms with E-state index < -0.39 is 45.0 Å². The molecule has 0 saturated heterocycles. The maximum atomic E-state index is 12.6. The molecular weight excluding hydrogens is 504 g/mol. The first kappa shape index (κ1) is 27.0. The molecule has 0 radical (unpaired) electrons. The predicted molar refractivity (Wildman–Crippen MR) is 133 cm³/mol. The molecule has 0 spiro atoms.